The number of hydrogen-bond donors (Lipinski definition) is 1. The monoisotopic (exact) mass is 440 g/mol. The maximum Gasteiger partial charge on any atom is 0.311 e. The van der Waals surface area contributed by atoms with Crippen molar-refractivity contribution in [3.8, 4) is 11.5 Å². The molecule has 32 heavy (non-hydrogen) atoms. The van der Waals surface area contributed by atoms with Crippen molar-refractivity contribution >= 4 is 34.9 Å². The molecule has 0 aromatic heterocycles. The summed E-state index contributed by atoms with van der Waals surface area (Å²) in [6.45, 7) is 1.04. The van der Waals surface area contributed by atoms with Crippen molar-refractivity contribution < 1.29 is 33.4 Å². The summed E-state index contributed by atoms with van der Waals surface area (Å²) in [5, 5.41) is 2.58. The van der Waals surface area contributed by atoms with E-state index in [9.17, 15) is 19.2 Å². The molecule has 1 aliphatic rings. The molecule has 2 amide bonds. The maximum absolute atomic E-state index is 12.5. The first-order valence-electron chi connectivity index (χ1n) is 9.92. The third-order valence-corrected chi connectivity index (χ3v) is 5.03. The van der Waals surface area contributed by atoms with Crippen LogP contribution in [0.5, 0.6) is 11.5 Å². The van der Waals surface area contributed by atoms with Crippen LogP contribution in [0, 0.1) is 5.92 Å². The lowest BCUT2D eigenvalue weighted by molar-refractivity contribution is -0.151. The number of benzene rings is 2. The summed E-state index contributed by atoms with van der Waals surface area (Å²) in [5.41, 5.74) is 1.41. The van der Waals surface area contributed by atoms with Crippen LogP contribution in [0.4, 0.5) is 11.4 Å². The van der Waals surface area contributed by atoms with Gasteiger partial charge in [-0.15, -0.1) is 0 Å². The highest BCUT2D eigenvalue weighted by Gasteiger charge is 2.37. The van der Waals surface area contributed by atoms with Crippen molar-refractivity contribution in [2.45, 2.75) is 13.3 Å². The van der Waals surface area contributed by atoms with E-state index in [1.54, 1.807) is 36.4 Å². The number of Topliss-reactive ketones (excluding diaryl/α,β-unsaturated/α-hetero) is 1. The van der Waals surface area contributed by atoms with Gasteiger partial charge in [-0.3, -0.25) is 19.2 Å². The van der Waals surface area contributed by atoms with Crippen LogP contribution in [0.25, 0.3) is 0 Å². The Morgan fingerprint density at radius 3 is 2.56 bits per heavy atom. The molecule has 1 aliphatic heterocycles. The van der Waals surface area contributed by atoms with Crippen molar-refractivity contribution in [2.75, 3.05) is 37.6 Å². The van der Waals surface area contributed by atoms with Crippen molar-refractivity contribution in [1.29, 1.82) is 0 Å². The first kappa shape index (κ1) is 22.8. The molecule has 0 spiro atoms. The average Bonchev–Trinajstić information content (AvgIpc) is 3.18. The zero-order valence-corrected chi connectivity index (χ0v) is 18.0. The van der Waals surface area contributed by atoms with Crippen molar-refractivity contribution in [3.63, 3.8) is 0 Å². The standard InChI is InChI=1S/C23H24N2O7/c1-14(26)15-5-4-6-17(9-15)24-21(27)13-32-23(29)16-10-22(28)25(12-16)19-8-7-18(30-2)11-20(19)31-3/h4-9,11,16H,10,12-13H2,1-3H3,(H,24,27)/t16-/m1/s1. The lowest BCUT2D eigenvalue weighted by Gasteiger charge is -2.20. The number of nitrogens with zero attached hydrogens (tertiary/aromatic N) is 1. The number of methoxy groups -OCH3 is 2. The van der Waals surface area contributed by atoms with E-state index < -0.39 is 24.4 Å². The molecule has 1 heterocycles. The highest BCUT2D eigenvalue weighted by Crippen LogP contribution is 2.36. The maximum atomic E-state index is 12.5. The number of amides is 2. The fourth-order valence-electron chi connectivity index (χ4n) is 3.37. The Morgan fingerprint density at radius 2 is 1.88 bits per heavy atom. The number of nitrogens with one attached hydrogen (secondary N) is 1. The number of hydrogen-bond acceptors (Lipinski definition) is 7. The van der Waals surface area contributed by atoms with Crippen LogP contribution in [0.3, 0.4) is 0 Å². The number of ether oxygens (including phenoxy) is 3. The van der Waals surface area contributed by atoms with Crippen LogP contribution in [0.2, 0.25) is 0 Å². The van der Waals surface area contributed by atoms with Crippen LogP contribution in [0.1, 0.15) is 23.7 Å². The van der Waals surface area contributed by atoms with Crippen molar-refractivity contribution in [3.05, 3.63) is 48.0 Å². The summed E-state index contributed by atoms with van der Waals surface area (Å²) < 4.78 is 15.6. The Morgan fingerprint density at radius 1 is 1.09 bits per heavy atom. The molecule has 0 unspecified atom stereocenters. The van der Waals surface area contributed by atoms with E-state index >= 15 is 0 Å². The van der Waals surface area contributed by atoms with Gasteiger partial charge in [0.15, 0.2) is 12.4 Å². The number of anilines is 2. The second-order valence-corrected chi connectivity index (χ2v) is 7.24. The lowest BCUT2D eigenvalue weighted by Crippen LogP contribution is -2.28. The summed E-state index contributed by atoms with van der Waals surface area (Å²) in [5.74, 6) is -1.24. The largest absolute Gasteiger partial charge is 0.497 e. The van der Waals surface area contributed by atoms with Crippen LogP contribution < -0.4 is 19.7 Å². The van der Waals surface area contributed by atoms with Gasteiger partial charge in [0, 0.05) is 30.3 Å². The first-order valence-corrected chi connectivity index (χ1v) is 9.92. The molecule has 3 rings (SSSR count). The zero-order chi connectivity index (χ0) is 23.3. The van der Waals surface area contributed by atoms with E-state index in [1.165, 1.54) is 32.1 Å². The van der Waals surface area contributed by atoms with Gasteiger partial charge in [0.2, 0.25) is 5.91 Å². The Hall–Kier alpha value is -3.88. The van der Waals surface area contributed by atoms with Crippen molar-refractivity contribution in [2.24, 2.45) is 5.92 Å². The van der Waals surface area contributed by atoms with Gasteiger partial charge in [0.1, 0.15) is 11.5 Å². The molecule has 168 valence electrons. The van der Waals surface area contributed by atoms with Gasteiger partial charge in [-0.05, 0) is 31.2 Å². The van der Waals surface area contributed by atoms with Crippen LogP contribution in [-0.2, 0) is 19.1 Å². The second kappa shape index (κ2) is 9.95. The molecule has 0 radical (unpaired) electrons. The third-order valence-electron chi connectivity index (χ3n) is 5.03. The van der Waals surface area contributed by atoms with E-state index in [2.05, 4.69) is 5.32 Å². The molecule has 0 saturated carbocycles. The van der Waals surface area contributed by atoms with Crippen LogP contribution >= 0.6 is 0 Å². The minimum Gasteiger partial charge on any atom is -0.497 e. The van der Waals surface area contributed by atoms with Gasteiger partial charge in [-0.1, -0.05) is 12.1 Å². The summed E-state index contributed by atoms with van der Waals surface area (Å²) in [7, 11) is 3.01. The quantitative estimate of drug-likeness (QED) is 0.496. The molecule has 1 N–H and O–H groups in total. The highest BCUT2D eigenvalue weighted by atomic mass is 16.5. The van der Waals surface area contributed by atoms with Crippen LogP contribution in [-0.4, -0.2) is 50.9 Å². The summed E-state index contributed by atoms with van der Waals surface area (Å²) in [4.78, 5) is 50.0. The number of esters is 1. The molecule has 1 fully saturated rings. The number of carbonyl (C=O) groups excluding carboxylic acids is 4. The smallest absolute Gasteiger partial charge is 0.311 e. The molecule has 0 bridgehead atoms. The van der Waals surface area contributed by atoms with Gasteiger partial charge in [0.05, 0.1) is 25.8 Å². The molecule has 2 aromatic rings. The fourth-order valence-corrected chi connectivity index (χ4v) is 3.37. The normalized spacial score (nSPS) is 15.3. The molecule has 9 heteroatoms. The molecular weight excluding hydrogens is 416 g/mol. The van der Waals surface area contributed by atoms with E-state index in [0.29, 0.717) is 28.4 Å². The van der Waals surface area contributed by atoms with Gasteiger partial charge in [0.25, 0.3) is 5.91 Å². The first-order chi connectivity index (χ1) is 15.3. The van der Waals surface area contributed by atoms with E-state index in [4.69, 9.17) is 14.2 Å². The second-order valence-electron chi connectivity index (χ2n) is 7.24. The summed E-state index contributed by atoms with van der Waals surface area (Å²) in [6, 6.07) is 11.5. The Labute approximate surface area is 185 Å². The minimum atomic E-state index is -0.705. The topological polar surface area (TPSA) is 111 Å². The van der Waals surface area contributed by atoms with Gasteiger partial charge in [-0.25, -0.2) is 0 Å². The van der Waals surface area contributed by atoms with E-state index in [-0.39, 0.29) is 24.7 Å². The number of ketones is 1. The molecule has 0 aliphatic carbocycles. The number of carbonyl (C=O) groups is 4. The molecule has 1 saturated heterocycles. The van der Waals surface area contributed by atoms with Gasteiger partial charge in [-0.2, -0.15) is 0 Å². The summed E-state index contributed by atoms with van der Waals surface area (Å²) >= 11 is 0. The van der Waals surface area contributed by atoms with Gasteiger partial charge < -0.3 is 24.4 Å². The molecule has 9 nitrogen and oxygen atoms in total. The third kappa shape index (κ3) is 5.23. The predicted octanol–water partition coefficient (Wildman–Crippen LogP) is 2.44. The van der Waals surface area contributed by atoms with Crippen molar-refractivity contribution in [1.82, 2.24) is 0 Å². The minimum absolute atomic E-state index is 0.0315. The Balaban J connectivity index is 1.57. The average molecular weight is 440 g/mol. The molecule has 2 aromatic carbocycles. The Kier molecular flexibility index (Phi) is 7.09. The van der Waals surface area contributed by atoms with E-state index in [1.807, 2.05) is 0 Å². The number of rotatable bonds is 8. The predicted molar refractivity (Wildman–Crippen MR) is 116 cm³/mol. The fraction of sp³-hybridized carbons (Fsp3) is 0.304. The summed E-state index contributed by atoms with van der Waals surface area (Å²) in [6.07, 6.45) is -0.0315. The zero-order valence-electron chi connectivity index (χ0n) is 18.0. The Bertz CT molecular complexity index is 1050. The van der Waals surface area contributed by atoms with Gasteiger partial charge >= 0.3 is 5.97 Å². The SMILES string of the molecule is COc1ccc(N2C[C@H](C(=O)OCC(=O)Nc3cccc(C(C)=O)c3)CC2=O)c(OC)c1. The molecular formula is C23H24N2O7. The molecule has 1 atom stereocenters. The lowest BCUT2D eigenvalue weighted by atomic mass is 10.1. The van der Waals surface area contributed by atoms with E-state index in [0.717, 1.165) is 0 Å². The highest BCUT2D eigenvalue weighted by molar-refractivity contribution is 6.01. The van der Waals surface area contributed by atoms with Crippen LogP contribution in [0.15, 0.2) is 42.5 Å².